The van der Waals surface area contributed by atoms with Crippen LogP contribution in [0.1, 0.15) is 13.3 Å². The van der Waals surface area contributed by atoms with Crippen LogP contribution in [0.3, 0.4) is 0 Å². The van der Waals surface area contributed by atoms with E-state index in [2.05, 4.69) is 5.32 Å². The summed E-state index contributed by atoms with van der Waals surface area (Å²) in [6.07, 6.45) is 0.421. The Hall–Kier alpha value is -1.91. The first-order chi connectivity index (χ1) is 11.4. The maximum atomic E-state index is 12.5. The summed E-state index contributed by atoms with van der Waals surface area (Å²) < 4.78 is 10.3. The number of anilines is 1. The Morgan fingerprint density at radius 3 is 2.58 bits per heavy atom. The number of carbonyl (C=O) groups excluding carboxylic acids is 1. The van der Waals surface area contributed by atoms with Crippen molar-refractivity contribution in [2.75, 3.05) is 12.4 Å². The number of ether oxygens (including phenoxy) is 1. The number of furan rings is 1. The van der Waals surface area contributed by atoms with Crippen LogP contribution >= 0.6 is 23.2 Å². The van der Waals surface area contributed by atoms with Crippen LogP contribution in [-0.2, 0) is 4.79 Å². The zero-order valence-corrected chi connectivity index (χ0v) is 14.7. The third kappa shape index (κ3) is 2.17. The lowest BCUT2D eigenvalue weighted by molar-refractivity contribution is -0.120. The summed E-state index contributed by atoms with van der Waals surface area (Å²) in [4.78, 5) is 12.5. The second-order valence-corrected chi connectivity index (χ2v) is 7.80. The number of methoxy groups -OCH3 is 1. The predicted molar refractivity (Wildman–Crippen MR) is 96.1 cm³/mol. The van der Waals surface area contributed by atoms with Crippen molar-refractivity contribution in [1.82, 2.24) is 0 Å². The van der Waals surface area contributed by atoms with Gasteiger partial charge in [-0.3, -0.25) is 4.79 Å². The first-order valence-electron chi connectivity index (χ1n) is 7.54. The minimum atomic E-state index is -1.02. The summed E-state index contributed by atoms with van der Waals surface area (Å²) in [6, 6.07) is 11.4. The van der Waals surface area contributed by atoms with Gasteiger partial charge < -0.3 is 14.5 Å². The molecule has 1 aromatic heterocycles. The average molecular weight is 364 g/mol. The van der Waals surface area contributed by atoms with E-state index in [0.29, 0.717) is 23.4 Å². The summed E-state index contributed by atoms with van der Waals surface area (Å²) in [5, 5.41) is 4.79. The Balaban J connectivity index is 1.78. The summed E-state index contributed by atoms with van der Waals surface area (Å²) in [6.45, 7) is 1.74. The molecule has 1 aliphatic carbocycles. The first kappa shape index (κ1) is 15.6. The van der Waals surface area contributed by atoms with Gasteiger partial charge in [0.1, 0.15) is 21.2 Å². The number of hydrogen-bond donors (Lipinski definition) is 1. The molecule has 3 aromatic rings. The number of alkyl halides is 2. The molecule has 1 heterocycles. The standard InChI is InChI=1S/C18H15Cl2NO3/c1-17(9-18(17,19)20)16(22)21-12-8-14-11(7-15(12)23-2)10-5-3-4-6-13(10)24-14/h3-8H,9H2,1-2H3,(H,21,22)/t17-/m0/s1. The molecule has 0 spiro atoms. The van der Waals surface area contributed by atoms with Crippen LogP contribution in [0.4, 0.5) is 5.69 Å². The van der Waals surface area contributed by atoms with Gasteiger partial charge in [0.15, 0.2) is 0 Å². The number of hydrogen-bond acceptors (Lipinski definition) is 3. The fourth-order valence-electron chi connectivity index (χ4n) is 2.92. The molecule has 1 atom stereocenters. The number of rotatable bonds is 3. The number of fused-ring (bicyclic) bond motifs is 3. The minimum absolute atomic E-state index is 0.235. The number of carbonyl (C=O) groups is 1. The van der Waals surface area contributed by atoms with Crippen molar-refractivity contribution in [3.05, 3.63) is 36.4 Å². The highest BCUT2D eigenvalue weighted by atomic mass is 35.5. The molecule has 1 N–H and O–H groups in total. The third-order valence-electron chi connectivity index (χ3n) is 4.71. The van der Waals surface area contributed by atoms with Crippen molar-refractivity contribution >= 4 is 56.7 Å². The van der Waals surface area contributed by atoms with Gasteiger partial charge in [0.25, 0.3) is 0 Å². The molecule has 6 heteroatoms. The highest BCUT2D eigenvalue weighted by molar-refractivity contribution is 6.53. The quantitative estimate of drug-likeness (QED) is 0.657. The van der Waals surface area contributed by atoms with E-state index < -0.39 is 9.75 Å². The van der Waals surface area contributed by atoms with Gasteiger partial charge in [-0.15, -0.1) is 23.2 Å². The predicted octanol–water partition coefficient (Wildman–Crippen LogP) is 5.12. The van der Waals surface area contributed by atoms with E-state index in [1.54, 1.807) is 20.1 Å². The number of nitrogens with one attached hydrogen (secondary N) is 1. The zero-order chi connectivity index (χ0) is 17.1. The average Bonchev–Trinajstić information content (AvgIpc) is 2.90. The fourth-order valence-corrected chi connectivity index (χ4v) is 3.63. The highest BCUT2D eigenvalue weighted by Gasteiger charge is 2.68. The molecule has 2 aromatic carbocycles. The number of benzene rings is 2. The lowest BCUT2D eigenvalue weighted by Gasteiger charge is -2.15. The van der Waals surface area contributed by atoms with E-state index >= 15 is 0 Å². The SMILES string of the molecule is COc1cc2c(cc1NC(=O)[C@]1(C)CC1(Cl)Cl)oc1ccccc12. The summed E-state index contributed by atoms with van der Waals surface area (Å²) in [7, 11) is 1.56. The largest absolute Gasteiger partial charge is 0.495 e. The molecule has 0 radical (unpaired) electrons. The molecule has 0 saturated heterocycles. The van der Waals surface area contributed by atoms with Gasteiger partial charge in [0.2, 0.25) is 5.91 Å². The molecule has 0 bridgehead atoms. The Labute approximate surface area is 148 Å². The van der Waals surface area contributed by atoms with Crippen LogP contribution in [0, 0.1) is 5.41 Å². The number of halogens is 2. The molecule has 24 heavy (non-hydrogen) atoms. The van der Waals surface area contributed by atoms with E-state index in [4.69, 9.17) is 32.4 Å². The van der Waals surface area contributed by atoms with E-state index in [1.807, 2.05) is 30.3 Å². The molecular formula is C18H15Cl2NO3. The van der Waals surface area contributed by atoms with Crippen molar-refractivity contribution in [1.29, 1.82) is 0 Å². The normalized spacial score (nSPS) is 21.8. The summed E-state index contributed by atoms with van der Waals surface area (Å²) in [5.41, 5.74) is 1.19. The van der Waals surface area contributed by atoms with Crippen molar-refractivity contribution < 1.29 is 13.9 Å². The minimum Gasteiger partial charge on any atom is -0.495 e. The molecule has 4 nitrogen and oxygen atoms in total. The molecule has 1 saturated carbocycles. The van der Waals surface area contributed by atoms with Gasteiger partial charge >= 0.3 is 0 Å². The third-order valence-corrected chi connectivity index (χ3v) is 5.81. The Morgan fingerprint density at radius 1 is 1.21 bits per heavy atom. The van der Waals surface area contributed by atoms with Gasteiger partial charge in [-0.25, -0.2) is 0 Å². The Bertz CT molecular complexity index is 979. The van der Waals surface area contributed by atoms with Gasteiger partial charge in [0, 0.05) is 16.8 Å². The van der Waals surface area contributed by atoms with Crippen LogP contribution in [0.2, 0.25) is 0 Å². The molecule has 1 amide bonds. The van der Waals surface area contributed by atoms with E-state index in [1.165, 1.54) is 0 Å². The fraction of sp³-hybridized carbons (Fsp3) is 0.278. The van der Waals surface area contributed by atoms with E-state index in [-0.39, 0.29) is 5.91 Å². The first-order valence-corrected chi connectivity index (χ1v) is 8.30. The number of para-hydroxylation sites is 1. The molecule has 0 aliphatic heterocycles. The lowest BCUT2D eigenvalue weighted by Crippen LogP contribution is -2.26. The van der Waals surface area contributed by atoms with Gasteiger partial charge in [-0.1, -0.05) is 18.2 Å². The van der Waals surface area contributed by atoms with Gasteiger partial charge in [0.05, 0.1) is 18.2 Å². The van der Waals surface area contributed by atoms with Gasteiger partial charge in [-0.2, -0.15) is 0 Å². The topological polar surface area (TPSA) is 51.5 Å². The second-order valence-electron chi connectivity index (χ2n) is 6.31. The number of amides is 1. The van der Waals surface area contributed by atoms with E-state index in [9.17, 15) is 4.79 Å². The summed E-state index contributed by atoms with van der Waals surface area (Å²) in [5.74, 6) is 0.322. The van der Waals surface area contributed by atoms with Crippen LogP contribution in [0.15, 0.2) is 40.8 Å². The molecule has 124 valence electrons. The molecule has 1 fully saturated rings. The maximum Gasteiger partial charge on any atom is 0.233 e. The molecular weight excluding hydrogens is 349 g/mol. The van der Waals surface area contributed by atoms with Crippen LogP contribution in [0.25, 0.3) is 21.9 Å². The lowest BCUT2D eigenvalue weighted by atomic mass is 10.1. The highest BCUT2D eigenvalue weighted by Crippen LogP contribution is 2.64. The molecule has 1 aliphatic rings. The Morgan fingerprint density at radius 2 is 1.92 bits per heavy atom. The Kier molecular flexibility index (Phi) is 3.28. The monoisotopic (exact) mass is 363 g/mol. The van der Waals surface area contributed by atoms with Crippen LogP contribution in [0.5, 0.6) is 5.75 Å². The smallest absolute Gasteiger partial charge is 0.233 e. The van der Waals surface area contributed by atoms with E-state index in [0.717, 1.165) is 16.4 Å². The maximum absolute atomic E-state index is 12.5. The van der Waals surface area contributed by atoms with Crippen molar-refractivity contribution in [2.24, 2.45) is 5.41 Å². The van der Waals surface area contributed by atoms with Crippen LogP contribution in [-0.4, -0.2) is 17.4 Å². The molecule has 0 unspecified atom stereocenters. The van der Waals surface area contributed by atoms with Gasteiger partial charge in [-0.05, 0) is 25.5 Å². The summed E-state index contributed by atoms with van der Waals surface area (Å²) >= 11 is 12.2. The van der Waals surface area contributed by atoms with Crippen LogP contribution < -0.4 is 10.1 Å². The van der Waals surface area contributed by atoms with Crippen molar-refractivity contribution in [3.63, 3.8) is 0 Å². The zero-order valence-electron chi connectivity index (χ0n) is 13.2. The van der Waals surface area contributed by atoms with Crippen molar-refractivity contribution in [3.8, 4) is 5.75 Å². The van der Waals surface area contributed by atoms with Crippen molar-refractivity contribution in [2.45, 2.75) is 17.7 Å². The molecule has 4 rings (SSSR count). The second kappa shape index (κ2) is 5.04.